The van der Waals surface area contributed by atoms with E-state index in [4.69, 9.17) is 19.5 Å². The molecule has 0 radical (unpaired) electrons. The molecule has 2 fully saturated rings. The van der Waals surface area contributed by atoms with Crippen LogP contribution in [0.15, 0.2) is 36.4 Å². The first-order valence-corrected chi connectivity index (χ1v) is 11.3. The van der Waals surface area contributed by atoms with Gasteiger partial charge in [-0.15, -0.1) is 0 Å². The lowest BCUT2D eigenvalue weighted by molar-refractivity contribution is -0.292. The zero-order valence-electron chi connectivity index (χ0n) is 18.3. The molecular formula is C25H28N2O6. The average Bonchev–Trinajstić information content (AvgIpc) is 3.68. The Morgan fingerprint density at radius 2 is 1.91 bits per heavy atom. The molecular weight excluding hydrogens is 424 g/mol. The first-order chi connectivity index (χ1) is 16.0. The van der Waals surface area contributed by atoms with Crippen molar-refractivity contribution in [3.63, 3.8) is 0 Å². The van der Waals surface area contributed by atoms with E-state index in [2.05, 4.69) is 17.5 Å². The number of aliphatic hydroxyl groups excluding tert-OH is 3. The van der Waals surface area contributed by atoms with Gasteiger partial charge in [-0.3, -0.25) is 0 Å². The minimum atomic E-state index is -1.37. The number of nitriles is 1. The van der Waals surface area contributed by atoms with E-state index in [0.717, 1.165) is 35.2 Å². The molecule has 5 rings (SSSR count). The highest BCUT2D eigenvalue weighted by Gasteiger charge is 2.44. The SMILES string of the molecule is CO[C@H]1O[C@@H](c2ccc(C3CC3)c(Cc3ccc4c(c3)NCC(C#N)O4)c2)[C@H](O)[C@@H](O)[C@@H]1O. The fraction of sp³-hybridized carbons (Fsp3) is 0.480. The zero-order chi connectivity index (χ0) is 23.1. The third-order valence-electron chi connectivity index (χ3n) is 6.64. The van der Waals surface area contributed by atoms with Crippen LogP contribution < -0.4 is 10.1 Å². The highest BCUT2D eigenvalue weighted by molar-refractivity contribution is 5.60. The highest BCUT2D eigenvalue weighted by Crippen LogP contribution is 2.44. The fourth-order valence-electron chi connectivity index (χ4n) is 4.68. The molecule has 2 heterocycles. The first-order valence-electron chi connectivity index (χ1n) is 11.3. The maximum absolute atomic E-state index is 10.6. The van der Waals surface area contributed by atoms with E-state index in [0.29, 0.717) is 24.6 Å². The van der Waals surface area contributed by atoms with E-state index in [1.807, 2.05) is 30.3 Å². The number of anilines is 1. The summed E-state index contributed by atoms with van der Waals surface area (Å²) in [5.41, 5.74) is 5.10. The monoisotopic (exact) mass is 452 g/mol. The summed E-state index contributed by atoms with van der Waals surface area (Å²) in [5, 5.41) is 43.3. The number of aliphatic hydroxyl groups is 3. The van der Waals surface area contributed by atoms with Crippen molar-refractivity contribution in [2.45, 2.75) is 62.0 Å². The van der Waals surface area contributed by atoms with Crippen LogP contribution in [0.1, 0.15) is 47.1 Å². The van der Waals surface area contributed by atoms with E-state index in [-0.39, 0.29) is 0 Å². The van der Waals surface area contributed by atoms with Crippen LogP contribution in [-0.4, -0.2) is 59.7 Å². The van der Waals surface area contributed by atoms with Crippen molar-refractivity contribution in [2.75, 3.05) is 19.0 Å². The topological polar surface area (TPSA) is 124 Å². The van der Waals surface area contributed by atoms with Gasteiger partial charge in [-0.05, 0) is 59.6 Å². The van der Waals surface area contributed by atoms with E-state index < -0.39 is 36.8 Å². The van der Waals surface area contributed by atoms with Crippen molar-refractivity contribution in [3.05, 3.63) is 58.7 Å². The smallest absolute Gasteiger partial charge is 0.201 e. The molecule has 4 N–H and O–H groups in total. The van der Waals surface area contributed by atoms with Gasteiger partial charge in [0.05, 0.1) is 12.2 Å². The molecule has 2 aliphatic heterocycles. The summed E-state index contributed by atoms with van der Waals surface area (Å²) in [4.78, 5) is 0. The van der Waals surface area contributed by atoms with Crippen molar-refractivity contribution in [1.29, 1.82) is 5.26 Å². The third-order valence-corrected chi connectivity index (χ3v) is 6.64. The molecule has 8 heteroatoms. The average molecular weight is 453 g/mol. The van der Waals surface area contributed by atoms with E-state index in [1.165, 1.54) is 12.7 Å². The molecule has 2 aromatic rings. The molecule has 2 aromatic carbocycles. The molecule has 0 spiro atoms. The fourth-order valence-corrected chi connectivity index (χ4v) is 4.68. The van der Waals surface area contributed by atoms with Crippen molar-refractivity contribution in [1.82, 2.24) is 0 Å². The van der Waals surface area contributed by atoms with Crippen LogP contribution in [-0.2, 0) is 15.9 Å². The molecule has 33 heavy (non-hydrogen) atoms. The van der Waals surface area contributed by atoms with Gasteiger partial charge in [-0.1, -0.05) is 24.3 Å². The molecule has 174 valence electrons. The van der Waals surface area contributed by atoms with E-state index >= 15 is 0 Å². The third kappa shape index (κ3) is 4.31. The molecule has 1 aliphatic carbocycles. The lowest BCUT2D eigenvalue weighted by Gasteiger charge is -2.40. The van der Waals surface area contributed by atoms with Gasteiger partial charge in [0.2, 0.25) is 6.10 Å². The maximum Gasteiger partial charge on any atom is 0.201 e. The number of hydrogen-bond donors (Lipinski definition) is 4. The second kappa shape index (κ2) is 8.93. The summed E-state index contributed by atoms with van der Waals surface area (Å²) in [7, 11) is 1.39. The summed E-state index contributed by atoms with van der Waals surface area (Å²) in [5.74, 6) is 1.20. The van der Waals surface area contributed by atoms with Gasteiger partial charge in [-0.2, -0.15) is 5.26 Å². The minimum absolute atomic E-state index is 0.446. The minimum Gasteiger partial charge on any atom is -0.472 e. The Labute approximate surface area is 192 Å². The van der Waals surface area contributed by atoms with Crippen molar-refractivity contribution < 1.29 is 29.5 Å². The second-order valence-corrected chi connectivity index (χ2v) is 8.99. The van der Waals surface area contributed by atoms with Crippen molar-refractivity contribution >= 4 is 5.69 Å². The highest BCUT2D eigenvalue weighted by atomic mass is 16.7. The Hall–Kier alpha value is -2.67. The predicted molar refractivity (Wildman–Crippen MR) is 119 cm³/mol. The van der Waals surface area contributed by atoms with Crippen LogP contribution in [0.3, 0.4) is 0 Å². The lowest BCUT2D eigenvalue weighted by Crippen LogP contribution is -2.54. The van der Waals surface area contributed by atoms with E-state index in [1.54, 1.807) is 0 Å². The van der Waals surface area contributed by atoms with Crippen LogP contribution in [0, 0.1) is 11.3 Å². The van der Waals surface area contributed by atoms with Gasteiger partial charge < -0.3 is 34.8 Å². The molecule has 1 saturated carbocycles. The number of fused-ring (bicyclic) bond motifs is 1. The van der Waals surface area contributed by atoms with Gasteiger partial charge in [0.1, 0.15) is 36.2 Å². The number of ether oxygens (including phenoxy) is 3. The predicted octanol–water partition coefficient (Wildman–Crippen LogP) is 1.98. The number of nitrogens with zero attached hydrogens (tertiary/aromatic N) is 1. The van der Waals surface area contributed by atoms with Gasteiger partial charge >= 0.3 is 0 Å². The summed E-state index contributed by atoms with van der Waals surface area (Å²) in [6, 6.07) is 14.1. The molecule has 1 unspecified atom stereocenters. The molecule has 3 aliphatic rings. The second-order valence-electron chi connectivity index (χ2n) is 8.99. The lowest BCUT2D eigenvalue weighted by atomic mass is 9.89. The Balaban J connectivity index is 1.43. The Kier molecular flexibility index (Phi) is 5.99. The Bertz CT molecular complexity index is 1060. The van der Waals surface area contributed by atoms with Gasteiger partial charge in [0.15, 0.2) is 6.29 Å². The summed E-state index contributed by atoms with van der Waals surface area (Å²) in [6.07, 6.45) is -3.32. The maximum atomic E-state index is 10.6. The summed E-state index contributed by atoms with van der Waals surface area (Å²) >= 11 is 0. The largest absolute Gasteiger partial charge is 0.472 e. The number of hydrogen-bond acceptors (Lipinski definition) is 8. The van der Waals surface area contributed by atoms with Crippen LogP contribution in [0.4, 0.5) is 5.69 Å². The van der Waals surface area contributed by atoms with Crippen molar-refractivity contribution in [2.24, 2.45) is 0 Å². The summed E-state index contributed by atoms with van der Waals surface area (Å²) in [6.45, 7) is 0.446. The molecule has 6 atom stereocenters. The Morgan fingerprint density at radius 1 is 1.09 bits per heavy atom. The molecule has 0 aromatic heterocycles. The van der Waals surface area contributed by atoms with Crippen LogP contribution >= 0.6 is 0 Å². The summed E-state index contributed by atoms with van der Waals surface area (Å²) < 4.78 is 16.6. The van der Waals surface area contributed by atoms with Crippen LogP contribution in [0.5, 0.6) is 5.75 Å². The number of methoxy groups -OCH3 is 1. The van der Waals surface area contributed by atoms with Crippen LogP contribution in [0.25, 0.3) is 0 Å². The van der Waals surface area contributed by atoms with Crippen molar-refractivity contribution in [3.8, 4) is 11.8 Å². The molecule has 0 bridgehead atoms. The molecule has 8 nitrogen and oxygen atoms in total. The standard InChI is InChI=1S/C25H28N2O6/c1-31-25-23(30)21(28)22(29)24(33-25)15-5-6-18(14-3-4-14)16(10-15)8-13-2-7-20-19(9-13)27-12-17(11-26)32-20/h2,5-7,9-10,14,17,21-25,27-30H,3-4,8,12H2,1H3/t17?,21-,22-,23+,24+,25+/m1/s1. The van der Waals surface area contributed by atoms with Gasteiger partial charge in [0, 0.05) is 7.11 Å². The van der Waals surface area contributed by atoms with Gasteiger partial charge in [0.25, 0.3) is 0 Å². The van der Waals surface area contributed by atoms with Gasteiger partial charge in [-0.25, -0.2) is 0 Å². The van der Waals surface area contributed by atoms with E-state index in [9.17, 15) is 15.3 Å². The first kappa shape index (κ1) is 22.1. The number of nitrogens with one attached hydrogen (secondary N) is 1. The number of benzene rings is 2. The number of rotatable bonds is 5. The van der Waals surface area contributed by atoms with Crippen LogP contribution in [0.2, 0.25) is 0 Å². The quantitative estimate of drug-likeness (QED) is 0.543. The Morgan fingerprint density at radius 3 is 2.64 bits per heavy atom. The normalized spacial score (nSPS) is 31.1. The molecule has 0 amide bonds. The zero-order valence-corrected chi connectivity index (χ0v) is 18.3. The molecule has 1 saturated heterocycles.